The third-order valence-corrected chi connectivity index (χ3v) is 3.26. The molecule has 0 radical (unpaired) electrons. The van der Waals surface area contributed by atoms with Gasteiger partial charge >= 0.3 is 6.61 Å². The van der Waals surface area contributed by atoms with Crippen LogP contribution in [0.3, 0.4) is 0 Å². The third-order valence-electron chi connectivity index (χ3n) is 3.26. The molecule has 0 saturated carbocycles. The Kier molecular flexibility index (Phi) is 5.23. The second-order valence-electron chi connectivity index (χ2n) is 4.96. The Morgan fingerprint density at radius 1 is 1.35 bits per heavy atom. The summed E-state index contributed by atoms with van der Waals surface area (Å²) in [6, 6.07) is 4.52. The van der Waals surface area contributed by atoms with E-state index in [9.17, 15) is 18.7 Å². The minimum absolute atomic E-state index is 0.0639. The number of aliphatic hydroxyl groups excluding tert-OH is 1. The molecule has 2 rings (SSSR count). The Balaban J connectivity index is 2.26. The highest BCUT2D eigenvalue weighted by molar-refractivity contribution is 6.05. The molecule has 7 heteroatoms. The van der Waals surface area contributed by atoms with Crippen LogP contribution in [0.4, 0.5) is 14.5 Å². The highest BCUT2D eigenvalue weighted by Gasteiger charge is 2.15. The zero-order valence-corrected chi connectivity index (χ0v) is 12.6. The van der Waals surface area contributed by atoms with Crippen LogP contribution >= 0.6 is 0 Å². The number of rotatable bonds is 5. The standard InChI is InChI=1S/C16H16F2N2O3/c1-9-5-12(6-10(2)14(9)23-16(17)18)15(22)20-13-7-19-4-3-11(13)8-21/h3-7,16,21H,8H2,1-2H3,(H,20,22). The maximum atomic E-state index is 12.4. The van der Waals surface area contributed by atoms with Crippen molar-refractivity contribution in [3.05, 3.63) is 52.8 Å². The molecular weight excluding hydrogens is 306 g/mol. The number of carbonyl (C=O) groups is 1. The number of aryl methyl sites for hydroxylation is 2. The number of amides is 1. The van der Waals surface area contributed by atoms with Crippen molar-refractivity contribution >= 4 is 11.6 Å². The topological polar surface area (TPSA) is 71.5 Å². The van der Waals surface area contributed by atoms with Gasteiger partial charge in [0.05, 0.1) is 18.5 Å². The summed E-state index contributed by atoms with van der Waals surface area (Å²) in [6.07, 6.45) is 2.93. The number of nitrogens with zero attached hydrogens (tertiary/aromatic N) is 1. The summed E-state index contributed by atoms with van der Waals surface area (Å²) in [7, 11) is 0. The van der Waals surface area contributed by atoms with E-state index in [0.717, 1.165) is 0 Å². The molecule has 2 aromatic rings. The minimum atomic E-state index is -2.92. The molecule has 0 atom stereocenters. The van der Waals surface area contributed by atoms with Crippen LogP contribution in [0.1, 0.15) is 27.0 Å². The van der Waals surface area contributed by atoms with E-state index in [-0.39, 0.29) is 12.4 Å². The molecule has 0 saturated heterocycles. The van der Waals surface area contributed by atoms with Gasteiger partial charge in [-0.25, -0.2) is 0 Å². The summed E-state index contributed by atoms with van der Waals surface area (Å²) in [5.41, 5.74) is 2.09. The van der Waals surface area contributed by atoms with Crippen LogP contribution in [0.2, 0.25) is 0 Å². The van der Waals surface area contributed by atoms with E-state index >= 15 is 0 Å². The van der Waals surface area contributed by atoms with Crippen LogP contribution in [0.15, 0.2) is 30.6 Å². The molecule has 0 aliphatic rings. The number of hydrogen-bond donors (Lipinski definition) is 2. The fourth-order valence-electron chi connectivity index (χ4n) is 2.22. The first-order chi connectivity index (χ1) is 10.9. The van der Waals surface area contributed by atoms with Crippen LogP contribution in [0, 0.1) is 13.8 Å². The second kappa shape index (κ2) is 7.15. The van der Waals surface area contributed by atoms with E-state index in [1.807, 2.05) is 0 Å². The maximum absolute atomic E-state index is 12.4. The lowest BCUT2D eigenvalue weighted by molar-refractivity contribution is -0.0507. The summed E-state index contributed by atoms with van der Waals surface area (Å²) in [6.45, 7) is 0.0156. The number of hydrogen-bond acceptors (Lipinski definition) is 4. The number of carbonyl (C=O) groups excluding carboxylic acids is 1. The van der Waals surface area contributed by atoms with E-state index in [4.69, 9.17) is 0 Å². The van der Waals surface area contributed by atoms with Crippen molar-refractivity contribution < 1.29 is 23.4 Å². The molecule has 5 nitrogen and oxygen atoms in total. The number of pyridine rings is 1. The van der Waals surface area contributed by atoms with Crippen molar-refractivity contribution in [3.63, 3.8) is 0 Å². The molecular formula is C16H16F2N2O3. The van der Waals surface area contributed by atoms with Gasteiger partial charge in [-0.15, -0.1) is 0 Å². The van der Waals surface area contributed by atoms with Crippen molar-refractivity contribution in [1.29, 1.82) is 0 Å². The average Bonchev–Trinajstić information content (AvgIpc) is 2.51. The first-order valence-electron chi connectivity index (χ1n) is 6.83. The predicted molar refractivity (Wildman–Crippen MR) is 80.7 cm³/mol. The summed E-state index contributed by atoms with van der Waals surface area (Å²) < 4.78 is 29.2. The predicted octanol–water partition coefficient (Wildman–Crippen LogP) is 3.04. The van der Waals surface area contributed by atoms with E-state index < -0.39 is 12.5 Å². The SMILES string of the molecule is Cc1cc(C(=O)Nc2cnccc2CO)cc(C)c1OC(F)F. The number of aliphatic hydroxyl groups is 1. The van der Waals surface area contributed by atoms with E-state index in [1.165, 1.54) is 24.5 Å². The minimum Gasteiger partial charge on any atom is -0.434 e. The number of halogens is 2. The molecule has 1 amide bonds. The fraction of sp³-hybridized carbons (Fsp3) is 0.250. The van der Waals surface area contributed by atoms with Gasteiger partial charge in [0.1, 0.15) is 5.75 Å². The zero-order valence-electron chi connectivity index (χ0n) is 12.6. The summed E-state index contributed by atoms with van der Waals surface area (Å²) >= 11 is 0. The molecule has 0 fully saturated rings. The van der Waals surface area contributed by atoms with Gasteiger partial charge in [0, 0.05) is 17.3 Å². The third kappa shape index (κ3) is 4.01. The molecule has 122 valence electrons. The smallest absolute Gasteiger partial charge is 0.387 e. The monoisotopic (exact) mass is 322 g/mol. The molecule has 23 heavy (non-hydrogen) atoms. The van der Waals surface area contributed by atoms with Gasteiger partial charge in [0.15, 0.2) is 0 Å². The number of aromatic nitrogens is 1. The number of nitrogens with one attached hydrogen (secondary N) is 1. The van der Waals surface area contributed by atoms with Gasteiger partial charge < -0.3 is 15.2 Å². The molecule has 0 aliphatic heterocycles. The van der Waals surface area contributed by atoms with Gasteiger partial charge in [-0.05, 0) is 43.2 Å². The molecule has 1 heterocycles. The fourth-order valence-corrected chi connectivity index (χ4v) is 2.22. The van der Waals surface area contributed by atoms with Gasteiger partial charge in [-0.2, -0.15) is 8.78 Å². The van der Waals surface area contributed by atoms with Crippen molar-refractivity contribution in [1.82, 2.24) is 4.98 Å². The largest absolute Gasteiger partial charge is 0.434 e. The van der Waals surface area contributed by atoms with Crippen molar-refractivity contribution in [3.8, 4) is 5.75 Å². The molecule has 0 bridgehead atoms. The second-order valence-corrected chi connectivity index (χ2v) is 4.96. The average molecular weight is 322 g/mol. The van der Waals surface area contributed by atoms with E-state index in [2.05, 4.69) is 15.0 Å². The first-order valence-corrected chi connectivity index (χ1v) is 6.83. The van der Waals surface area contributed by atoms with Gasteiger partial charge in [-0.3, -0.25) is 9.78 Å². The molecule has 0 spiro atoms. The van der Waals surface area contributed by atoms with Crippen LogP contribution in [-0.4, -0.2) is 22.6 Å². The lowest BCUT2D eigenvalue weighted by atomic mass is 10.0. The molecule has 2 N–H and O–H groups in total. The van der Waals surface area contributed by atoms with Crippen molar-refractivity contribution in [2.45, 2.75) is 27.1 Å². The van der Waals surface area contributed by atoms with Crippen LogP contribution in [-0.2, 0) is 6.61 Å². The quantitative estimate of drug-likeness (QED) is 0.887. The number of benzene rings is 1. The normalized spacial score (nSPS) is 10.7. The highest BCUT2D eigenvalue weighted by atomic mass is 19.3. The molecule has 1 aromatic carbocycles. The van der Waals surface area contributed by atoms with E-state index in [1.54, 1.807) is 19.9 Å². The van der Waals surface area contributed by atoms with Gasteiger partial charge in [0.25, 0.3) is 5.91 Å². The van der Waals surface area contributed by atoms with Crippen LogP contribution < -0.4 is 10.1 Å². The first kappa shape index (κ1) is 16.8. The number of anilines is 1. The lowest BCUT2D eigenvalue weighted by Gasteiger charge is -2.14. The van der Waals surface area contributed by atoms with E-state index in [0.29, 0.717) is 27.9 Å². The molecule has 0 unspecified atom stereocenters. The Bertz CT molecular complexity index is 697. The Hall–Kier alpha value is -2.54. The molecule has 0 aliphatic carbocycles. The highest BCUT2D eigenvalue weighted by Crippen LogP contribution is 2.27. The van der Waals surface area contributed by atoms with Crippen molar-refractivity contribution in [2.24, 2.45) is 0 Å². The summed E-state index contributed by atoms with van der Waals surface area (Å²) in [5, 5.41) is 11.9. The van der Waals surface area contributed by atoms with Gasteiger partial charge in [-0.1, -0.05) is 0 Å². The van der Waals surface area contributed by atoms with Crippen LogP contribution in [0.5, 0.6) is 5.75 Å². The molecule has 1 aromatic heterocycles. The lowest BCUT2D eigenvalue weighted by Crippen LogP contribution is -2.15. The van der Waals surface area contributed by atoms with Crippen molar-refractivity contribution in [2.75, 3.05) is 5.32 Å². The maximum Gasteiger partial charge on any atom is 0.387 e. The number of ether oxygens (including phenoxy) is 1. The number of alkyl halides is 2. The summed E-state index contributed by atoms with van der Waals surface area (Å²) in [4.78, 5) is 16.2. The van der Waals surface area contributed by atoms with Crippen LogP contribution in [0.25, 0.3) is 0 Å². The summed E-state index contributed by atoms with van der Waals surface area (Å²) in [5.74, 6) is -0.364. The Morgan fingerprint density at radius 3 is 2.57 bits per heavy atom. The Labute approximate surface area is 131 Å². The zero-order chi connectivity index (χ0) is 17.0. The Morgan fingerprint density at radius 2 is 2.00 bits per heavy atom. The van der Waals surface area contributed by atoms with Gasteiger partial charge in [0.2, 0.25) is 0 Å².